The van der Waals surface area contributed by atoms with Crippen LogP contribution in [0.3, 0.4) is 0 Å². The lowest BCUT2D eigenvalue weighted by Gasteiger charge is -2.34. The second kappa shape index (κ2) is 8.11. The Kier molecular flexibility index (Phi) is 5.32. The van der Waals surface area contributed by atoms with E-state index in [0.717, 1.165) is 53.1 Å². The Hall–Kier alpha value is -2.26. The highest BCUT2D eigenvalue weighted by molar-refractivity contribution is 8.26. The van der Waals surface area contributed by atoms with Crippen molar-refractivity contribution in [2.75, 3.05) is 38.1 Å². The van der Waals surface area contributed by atoms with E-state index in [1.807, 2.05) is 12.1 Å². The van der Waals surface area contributed by atoms with Crippen molar-refractivity contribution in [1.29, 1.82) is 0 Å². The molecule has 3 heterocycles. The molecular weight excluding hydrogens is 432 g/mol. The summed E-state index contributed by atoms with van der Waals surface area (Å²) in [6.45, 7) is 4.31. The summed E-state index contributed by atoms with van der Waals surface area (Å²) in [5.74, 6) is -0.131. The molecule has 2 aromatic carbocycles. The van der Waals surface area contributed by atoms with Gasteiger partial charge in [-0.15, -0.1) is 0 Å². The minimum Gasteiger partial charge on any atom is -0.369 e. The van der Waals surface area contributed by atoms with Crippen LogP contribution in [0.4, 0.5) is 5.69 Å². The molecule has 0 spiro atoms. The van der Waals surface area contributed by atoms with Crippen LogP contribution in [0.1, 0.15) is 5.56 Å². The van der Waals surface area contributed by atoms with Gasteiger partial charge < -0.3 is 15.1 Å². The van der Waals surface area contributed by atoms with Gasteiger partial charge in [-0.2, -0.15) is 4.37 Å². The van der Waals surface area contributed by atoms with Gasteiger partial charge >= 0.3 is 0 Å². The van der Waals surface area contributed by atoms with Crippen molar-refractivity contribution in [2.24, 2.45) is 0 Å². The number of carbonyl (C=O) groups is 1. The number of amides is 1. The number of benzene rings is 2. The molecule has 1 N–H and O–H groups in total. The zero-order chi connectivity index (χ0) is 20.7. The van der Waals surface area contributed by atoms with Gasteiger partial charge in [0.15, 0.2) is 0 Å². The number of piperazine rings is 1. The average molecular weight is 453 g/mol. The Labute approximate surface area is 188 Å². The molecule has 0 unspecified atom stereocenters. The molecular formula is C22H20N4OS3. The molecule has 2 aliphatic heterocycles. The number of nitrogens with one attached hydrogen (secondary N) is 1. The summed E-state index contributed by atoms with van der Waals surface area (Å²) in [5.41, 5.74) is 4.33. The molecule has 0 radical (unpaired) electrons. The topological polar surface area (TPSA) is 48.5 Å². The van der Waals surface area contributed by atoms with Crippen molar-refractivity contribution in [2.45, 2.75) is 0 Å². The van der Waals surface area contributed by atoms with Crippen LogP contribution in [0.15, 0.2) is 47.4 Å². The fraction of sp³-hybridized carbons (Fsp3) is 0.227. The van der Waals surface area contributed by atoms with Gasteiger partial charge in [-0.05, 0) is 54.5 Å². The van der Waals surface area contributed by atoms with Gasteiger partial charge in [-0.3, -0.25) is 4.79 Å². The zero-order valence-corrected chi connectivity index (χ0v) is 18.9. The fourth-order valence-electron chi connectivity index (χ4n) is 3.72. The highest BCUT2D eigenvalue weighted by Gasteiger charge is 2.22. The summed E-state index contributed by atoms with van der Waals surface area (Å²) >= 11 is 7.88. The molecule has 152 valence electrons. The van der Waals surface area contributed by atoms with E-state index in [4.69, 9.17) is 16.6 Å². The number of carbonyl (C=O) groups excluding carboxylic acids is 1. The van der Waals surface area contributed by atoms with Crippen LogP contribution in [0.2, 0.25) is 0 Å². The van der Waals surface area contributed by atoms with E-state index < -0.39 is 0 Å². The molecule has 2 aliphatic rings. The van der Waals surface area contributed by atoms with E-state index in [9.17, 15) is 4.79 Å². The summed E-state index contributed by atoms with van der Waals surface area (Å²) in [6.07, 6.45) is 1.89. The molecule has 2 saturated heterocycles. The number of likely N-dealkylation sites (N-methyl/N-ethyl adjacent to an activating group) is 1. The summed E-state index contributed by atoms with van der Waals surface area (Å²) < 4.78 is 6.35. The summed E-state index contributed by atoms with van der Waals surface area (Å²) in [5, 5.41) is 3.77. The molecule has 1 amide bonds. The SMILES string of the molecule is CN1CCN(c2ccc(-c3nsc4ccc(/C=C5\SC(=S)NC5=O)cc34)cc2)CC1. The van der Waals surface area contributed by atoms with Crippen LogP contribution in [-0.4, -0.2) is 52.7 Å². The first kappa shape index (κ1) is 19.7. The van der Waals surface area contributed by atoms with Crippen LogP contribution >= 0.6 is 35.5 Å². The highest BCUT2D eigenvalue weighted by Crippen LogP contribution is 2.34. The third-order valence-corrected chi connectivity index (χ3v) is 7.43. The third kappa shape index (κ3) is 3.88. The number of anilines is 1. The Morgan fingerprint density at radius 2 is 1.87 bits per heavy atom. The number of aromatic nitrogens is 1. The van der Waals surface area contributed by atoms with Crippen molar-refractivity contribution in [1.82, 2.24) is 14.6 Å². The molecule has 8 heteroatoms. The van der Waals surface area contributed by atoms with Gasteiger partial charge in [0, 0.05) is 42.8 Å². The number of rotatable bonds is 3. The predicted octanol–water partition coefficient (Wildman–Crippen LogP) is 4.20. The lowest BCUT2D eigenvalue weighted by Crippen LogP contribution is -2.44. The molecule has 3 aromatic rings. The van der Waals surface area contributed by atoms with Crippen molar-refractivity contribution in [3.05, 3.63) is 52.9 Å². The summed E-state index contributed by atoms with van der Waals surface area (Å²) in [6, 6.07) is 14.9. The van der Waals surface area contributed by atoms with Gasteiger partial charge in [0.25, 0.3) is 5.91 Å². The normalized spacial score (nSPS) is 19.1. The minimum atomic E-state index is -0.131. The van der Waals surface area contributed by atoms with E-state index in [-0.39, 0.29) is 5.91 Å². The Morgan fingerprint density at radius 3 is 2.57 bits per heavy atom. The molecule has 1 aromatic heterocycles. The molecule has 0 saturated carbocycles. The molecule has 0 bridgehead atoms. The molecule has 2 fully saturated rings. The smallest absolute Gasteiger partial charge is 0.263 e. The second-order valence-electron chi connectivity index (χ2n) is 7.48. The van der Waals surface area contributed by atoms with Gasteiger partial charge in [0.2, 0.25) is 0 Å². The van der Waals surface area contributed by atoms with E-state index in [1.165, 1.54) is 29.0 Å². The minimum absolute atomic E-state index is 0.131. The van der Waals surface area contributed by atoms with E-state index in [2.05, 4.69) is 58.6 Å². The molecule has 5 rings (SSSR count). The van der Waals surface area contributed by atoms with Crippen LogP contribution in [-0.2, 0) is 4.79 Å². The molecule has 0 aliphatic carbocycles. The number of nitrogens with zero attached hydrogens (tertiary/aromatic N) is 3. The van der Waals surface area contributed by atoms with Gasteiger partial charge in [-0.1, -0.05) is 42.2 Å². The van der Waals surface area contributed by atoms with Crippen molar-refractivity contribution in [3.8, 4) is 11.3 Å². The number of fused-ring (bicyclic) bond motifs is 1. The number of thioether (sulfide) groups is 1. The van der Waals surface area contributed by atoms with Crippen LogP contribution in [0.5, 0.6) is 0 Å². The third-order valence-electron chi connectivity index (χ3n) is 5.44. The monoisotopic (exact) mass is 452 g/mol. The lowest BCUT2D eigenvalue weighted by atomic mass is 10.0. The number of hydrogen-bond donors (Lipinski definition) is 1. The Bertz CT molecular complexity index is 1160. The number of hydrogen-bond acceptors (Lipinski definition) is 7. The van der Waals surface area contributed by atoms with Gasteiger partial charge in [0.05, 0.1) is 15.3 Å². The Balaban J connectivity index is 1.44. The average Bonchev–Trinajstić information content (AvgIpc) is 3.31. The Morgan fingerprint density at radius 1 is 1.10 bits per heavy atom. The summed E-state index contributed by atoms with van der Waals surface area (Å²) in [4.78, 5) is 17.4. The largest absolute Gasteiger partial charge is 0.369 e. The van der Waals surface area contributed by atoms with Crippen LogP contribution in [0, 0.1) is 0 Å². The highest BCUT2D eigenvalue weighted by atomic mass is 32.2. The first-order chi connectivity index (χ1) is 14.6. The van der Waals surface area contributed by atoms with E-state index >= 15 is 0 Å². The number of thiocarbonyl (C=S) groups is 1. The van der Waals surface area contributed by atoms with E-state index in [1.54, 1.807) is 0 Å². The van der Waals surface area contributed by atoms with Gasteiger partial charge in [0.1, 0.15) is 4.32 Å². The molecule has 30 heavy (non-hydrogen) atoms. The van der Waals surface area contributed by atoms with Crippen LogP contribution in [0.25, 0.3) is 27.4 Å². The van der Waals surface area contributed by atoms with Crippen molar-refractivity contribution >= 4 is 67.6 Å². The van der Waals surface area contributed by atoms with Crippen molar-refractivity contribution < 1.29 is 4.79 Å². The zero-order valence-electron chi connectivity index (χ0n) is 16.4. The standard InChI is InChI=1S/C22H20N4OS3/c1-25-8-10-26(11-9-25)16-5-3-15(4-6-16)20-17-12-14(2-7-18(17)30-24-20)13-19-21(27)23-22(28)29-19/h2-7,12-13H,8-11H2,1H3,(H,23,27,28)/b19-13-. The second-order valence-corrected chi connectivity index (χ2v) is 10.0. The quantitative estimate of drug-likeness (QED) is 0.475. The maximum absolute atomic E-state index is 12.0. The van der Waals surface area contributed by atoms with Gasteiger partial charge in [-0.25, -0.2) is 0 Å². The van der Waals surface area contributed by atoms with Crippen LogP contribution < -0.4 is 10.2 Å². The maximum atomic E-state index is 12.0. The lowest BCUT2D eigenvalue weighted by molar-refractivity contribution is -0.115. The predicted molar refractivity (Wildman–Crippen MR) is 131 cm³/mol. The maximum Gasteiger partial charge on any atom is 0.263 e. The fourth-order valence-corrected chi connectivity index (χ4v) is 5.54. The molecule has 5 nitrogen and oxygen atoms in total. The van der Waals surface area contributed by atoms with Crippen molar-refractivity contribution in [3.63, 3.8) is 0 Å². The first-order valence-corrected chi connectivity index (χ1v) is 11.7. The summed E-state index contributed by atoms with van der Waals surface area (Å²) in [7, 11) is 2.17. The van der Waals surface area contributed by atoms with E-state index in [0.29, 0.717) is 9.23 Å². The first-order valence-electron chi connectivity index (χ1n) is 9.75. The molecule has 0 atom stereocenters.